The van der Waals surface area contributed by atoms with Crippen molar-refractivity contribution in [1.82, 2.24) is 10.3 Å². The molecule has 0 unspecified atom stereocenters. The van der Waals surface area contributed by atoms with E-state index in [0.29, 0.717) is 41.0 Å². The number of benzene rings is 2. The Bertz CT molecular complexity index is 1050. The van der Waals surface area contributed by atoms with E-state index in [1.807, 2.05) is 30.3 Å². The Hall–Kier alpha value is -3.06. The van der Waals surface area contributed by atoms with Gasteiger partial charge in [0.15, 0.2) is 0 Å². The molecule has 1 atom stereocenters. The van der Waals surface area contributed by atoms with Crippen molar-refractivity contribution in [2.24, 2.45) is 0 Å². The van der Waals surface area contributed by atoms with E-state index in [2.05, 4.69) is 10.3 Å². The number of hydrogen-bond acceptors (Lipinski definition) is 4. The summed E-state index contributed by atoms with van der Waals surface area (Å²) in [6.07, 6.45) is -0.688. The van der Waals surface area contributed by atoms with Crippen LogP contribution >= 0.6 is 0 Å². The van der Waals surface area contributed by atoms with Crippen LogP contribution < -0.4 is 14.8 Å². The Morgan fingerprint density at radius 2 is 1.84 bits per heavy atom. The quantitative estimate of drug-likeness (QED) is 0.557. The zero-order chi connectivity index (χ0) is 21.8. The lowest BCUT2D eigenvalue weighted by Gasteiger charge is -2.16. The van der Waals surface area contributed by atoms with E-state index in [0.717, 1.165) is 37.1 Å². The molecule has 162 valence electrons. The third-order valence-corrected chi connectivity index (χ3v) is 5.32. The molecule has 2 heterocycles. The van der Waals surface area contributed by atoms with Crippen molar-refractivity contribution in [3.8, 4) is 33.9 Å². The molecule has 31 heavy (non-hydrogen) atoms. The lowest BCUT2D eigenvalue weighted by Crippen LogP contribution is -2.28. The number of alkyl halides is 3. The van der Waals surface area contributed by atoms with Gasteiger partial charge in [-0.1, -0.05) is 24.3 Å². The third-order valence-electron chi connectivity index (χ3n) is 5.32. The maximum absolute atomic E-state index is 13.3. The van der Waals surface area contributed by atoms with Gasteiger partial charge >= 0.3 is 6.18 Å². The first-order chi connectivity index (χ1) is 14.9. The molecule has 2 aromatic carbocycles. The van der Waals surface area contributed by atoms with E-state index in [9.17, 15) is 13.2 Å². The SMILES string of the molecule is COc1cccc(-c2cc(OC[C@@H]3CCCN3)cnc2-c2cccc(C(F)(F)F)c2)c1. The van der Waals surface area contributed by atoms with Gasteiger partial charge in [-0.05, 0) is 55.3 Å². The summed E-state index contributed by atoms with van der Waals surface area (Å²) in [4.78, 5) is 4.50. The predicted octanol–water partition coefficient (Wildman–Crippen LogP) is 5.57. The van der Waals surface area contributed by atoms with Crippen molar-refractivity contribution in [1.29, 1.82) is 0 Å². The Morgan fingerprint density at radius 3 is 2.58 bits per heavy atom. The monoisotopic (exact) mass is 428 g/mol. The minimum Gasteiger partial charge on any atom is -0.497 e. The van der Waals surface area contributed by atoms with Gasteiger partial charge in [-0.2, -0.15) is 13.2 Å². The molecule has 0 saturated carbocycles. The molecule has 0 aliphatic carbocycles. The number of nitrogens with one attached hydrogen (secondary N) is 1. The lowest BCUT2D eigenvalue weighted by molar-refractivity contribution is -0.137. The first-order valence-corrected chi connectivity index (χ1v) is 10.1. The molecule has 1 aliphatic rings. The molecule has 0 radical (unpaired) electrons. The molecule has 1 aromatic heterocycles. The van der Waals surface area contributed by atoms with E-state index in [1.165, 1.54) is 6.07 Å². The van der Waals surface area contributed by atoms with Crippen LogP contribution in [0.5, 0.6) is 11.5 Å². The van der Waals surface area contributed by atoms with Gasteiger partial charge in [-0.15, -0.1) is 0 Å². The van der Waals surface area contributed by atoms with Crippen LogP contribution in [0, 0.1) is 0 Å². The number of aromatic nitrogens is 1. The Morgan fingerprint density at radius 1 is 1.03 bits per heavy atom. The Kier molecular flexibility index (Phi) is 6.13. The first-order valence-electron chi connectivity index (χ1n) is 10.1. The number of hydrogen-bond donors (Lipinski definition) is 1. The van der Waals surface area contributed by atoms with Gasteiger partial charge in [-0.3, -0.25) is 4.98 Å². The summed E-state index contributed by atoms with van der Waals surface area (Å²) in [7, 11) is 1.57. The van der Waals surface area contributed by atoms with Gasteiger partial charge in [0.1, 0.15) is 18.1 Å². The molecule has 0 amide bonds. The highest BCUT2D eigenvalue weighted by atomic mass is 19.4. The third kappa shape index (κ3) is 4.99. The molecule has 0 bridgehead atoms. The number of halogens is 3. The maximum atomic E-state index is 13.3. The standard InChI is InChI=1S/C24H23F3N2O2/c1-30-20-9-3-5-16(12-20)22-13-21(31-15-19-8-4-10-28-19)14-29-23(22)17-6-2-7-18(11-17)24(25,26)27/h2-3,5-7,9,11-14,19,28H,4,8,10,15H2,1H3/t19-/m0/s1. The molecule has 4 rings (SSSR count). The number of nitrogens with zero attached hydrogens (tertiary/aromatic N) is 1. The van der Waals surface area contributed by atoms with Crippen LogP contribution in [0.2, 0.25) is 0 Å². The van der Waals surface area contributed by atoms with E-state index >= 15 is 0 Å². The molecule has 1 fully saturated rings. The van der Waals surface area contributed by atoms with Gasteiger partial charge in [0.2, 0.25) is 0 Å². The molecule has 1 aliphatic heterocycles. The molecular weight excluding hydrogens is 405 g/mol. The Balaban J connectivity index is 1.75. The number of ether oxygens (including phenoxy) is 2. The second kappa shape index (κ2) is 8.98. The molecule has 3 aromatic rings. The normalized spacial score (nSPS) is 16.3. The molecule has 0 spiro atoms. The molecule has 1 N–H and O–H groups in total. The minimum absolute atomic E-state index is 0.295. The second-order valence-electron chi connectivity index (χ2n) is 7.48. The fraction of sp³-hybridized carbons (Fsp3) is 0.292. The second-order valence-corrected chi connectivity index (χ2v) is 7.48. The van der Waals surface area contributed by atoms with Crippen LogP contribution in [0.15, 0.2) is 60.8 Å². The smallest absolute Gasteiger partial charge is 0.416 e. The van der Waals surface area contributed by atoms with Gasteiger partial charge in [0, 0.05) is 17.2 Å². The first kappa shape index (κ1) is 21.2. The van der Waals surface area contributed by atoms with Crippen molar-refractivity contribution in [2.45, 2.75) is 25.1 Å². The highest BCUT2D eigenvalue weighted by molar-refractivity contribution is 5.82. The van der Waals surface area contributed by atoms with Crippen molar-refractivity contribution < 1.29 is 22.6 Å². The fourth-order valence-electron chi connectivity index (χ4n) is 3.70. The van der Waals surface area contributed by atoms with Crippen molar-refractivity contribution in [3.63, 3.8) is 0 Å². The highest BCUT2D eigenvalue weighted by Crippen LogP contribution is 2.37. The zero-order valence-electron chi connectivity index (χ0n) is 17.1. The summed E-state index contributed by atoms with van der Waals surface area (Å²) in [5.41, 5.74) is 1.58. The van der Waals surface area contributed by atoms with Gasteiger partial charge < -0.3 is 14.8 Å². The van der Waals surface area contributed by atoms with E-state index < -0.39 is 11.7 Å². The van der Waals surface area contributed by atoms with Crippen LogP contribution in [0.25, 0.3) is 22.4 Å². The predicted molar refractivity (Wildman–Crippen MR) is 113 cm³/mol. The van der Waals surface area contributed by atoms with E-state index in [-0.39, 0.29) is 0 Å². The minimum atomic E-state index is -4.43. The van der Waals surface area contributed by atoms with E-state index in [1.54, 1.807) is 19.4 Å². The van der Waals surface area contributed by atoms with Gasteiger partial charge in [-0.25, -0.2) is 0 Å². The zero-order valence-corrected chi connectivity index (χ0v) is 17.1. The van der Waals surface area contributed by atoms with Gasteiger partial charge in [0.25, 0.3) is 0 Å². The molecule has 1 saturated heterocycles. The number of rotatable bonds is 6. The van der Waals surface area contributed by atoms with Crippen molar-refractivity contribution in [2.75, 3.05) is 20.3 Å². The average Bonchev–Trinajstić information content (AvgIpc) is 3.31. The van der Waals surface area contributed by atoms with E-state index in [4.69, 9.17) is 9.47 Å². The molecular formula is C24H23F3N2O2. The molecule has 7 heteroatoms. The van der Waals surface area contributed by atoms with Crippen LogP contribution in [0.4, 0.5) is 13.2 Å². The highest BCUT2D eigenvalue weighted by Gasteiger charge is 2.30. The summed E-state index contributed by atoms with van der Waals surface area (Å²) >= 11 is 0. The summed E-state index contributed by atoms with van der Waals surface area (Å²) in [6.45, 7) is 1.50. The average molecular weight is 428 g/mol. The fourth-order valence-corrected chi connectivity index (χ4v) is 3.70. The summed E-state index contributed by atoms with van der Waals surface area (Å²) in [5.74, 6) is 1.22. The summed E-state index contributed by atoms with van der Waals surface area (Å²) < 4.78 is 51.0. The lowest BCUT2D eigenvalue weighted by atomic mass is 9.97. The van der Waals surface area contributed by atoms with Gasteiger partial charge in [0.05, 0.1) is 24.6 Å². The maximum Gasteiger partial charge on any atom is 0.416 e. The summed E-state index contributed by atoms with van der Waals surface area (Å²) in [6, 6.07) is 14.7. The van der Waals surface area contributed by atoms with Crippen molar-refractivity contribution >= 4 is 0 Å². The van der Waals surface area contributed by atoms with Crippen LogP contribution in [-0.4, -0.2) is 31.3 Å². The van der Waals surface area contributed by atoms with Crippen molar-refractivity contribution in [3.05, 3.63) is 66.4 Å². The Labute approximate surface area is 179 Å². The summed E-state index contributed by atoms with van der Waals surface area (Å²) in [5, 5.41) is 3.38. The molecule has 4 nitrogen and oxygen atoms in total. The number of methoxy groups -OCH3 is 1. The topological polar surface area (TPSA) is 43.4 Å². The van der Waals surface area contributed by atoms with Crippen LogP contribution in [-0.2, 0) is 6.18 Å². The largest absolute Gasteiger partial charge is 0.497 e. The van der Waals surface area contributed by atoms with Crippen LogP contribution in [0.1, 0.15) is 18.4 Å². The number of pyridine rings is 1. The van der Waals surface area contributed by atoms with Crippen LogP contribution in [0.3, 0.4) is 0 Å².